The van der Waals surface area contributed by atoms with Gasteiger partial charge in [0.25, 0.3) is 5.91 Å². The Hall–Kier alpha value is -2.31. The zero-order chi connectivity index (χ0) is 24.0. The maximum atomic E-state index is 14.3. The molecule has 0 aliphatic rings. The van der Waals surface area contributed by atoms with E-state index in [1.54, 1.807) is 0 Å². The predicted molar refractivity (Wildman–Crippen MR) is 93.2 cm³/mol. The first-order chi connectivity index (χ1) is 13.9. The number of benzene rings is 2. The first-order valence-corrected chi connectivity index (χ1v) is 8.79. The standard InChI is InChI=1S/C18H10BrF10NO/c1-30(14(31)9-5-3-2-4-6-9)13-11(16(21,22)23)7-10(8-12(13)19)15(20,17(24,25)26)18(27,28)29/h2-8H,1H3. The summed E-state index contributed by atoms with van der Waals surface area (Å²) >= 11 is 2.46. The van der Waals surface area contributed by atoms with Gasteiger partial charge in [0, 0.05) is 22.6 Å². The average Bonchev–Trinajstić information content (AvgIpc) is 2.63. The Labute approximate surface area is 176 Å². The Morgan fingerprint density at radius 2 is 1.32 bits per heavy atom. The molecule has 0 aromatic heterocycles. The van der Waals surface area contributed by atoms with E-state index in [0.717, 1.165) is 7.05 Å². The normalized spacial score (nSPS) is 13.3. The number of hydrogen-bond donors (Lipinski definition) is 0. The summed E-state index contributed by atoms with van der Waals surface area (Å²) in [5.41, 5.74) is -11.7. The van der Waals surface area contributed by atoms with Crippen molar-refractivity contribution in [2.45, 2.75) is 24.2 Å². The van der Waals surface area contributed by atoms with Crippen LogP contribution in [0.1, 0.15) is 21.5 Å². The maximum absolute atomic E-state index is 14.3. The van der Waals surface area contributed by atoms with Crippen LogP contribution in [-0.2, 0) is 11.8 Å². The van der Waals surface area contributed by atoms with Gasteiger partial charge in [0.1, 0.15) is 0 Å². The topological polar surface area (TPSA) is 20.3 Å². The van der Waals surface area contributed by atoms with E-state index in [2.05, 4.69) is 15.9 Å². The van der Waals surface area contributed by atoms with E-state index in [0.29, 0.717) is 4.90 Å². The Kier molecular flexibility index (Phi) is 6.43. The van der Waals surface area contributed by atoms with Crippen LogP contribution in [-0.4, -0.2) is 25.3 Å². The molecule has 0 aliphatic carbocycles. The number of hydrogen-bond acceptors (Lipinski definition) is 1. The number of carbonyl (C=O) groups is 1. The fourth-order valence-corrected chi connectivity index (χ4v) is 3.45. The fraction of sp³-hybridized carbons (Fsp3) is 0.278. The number of anilines is 1. The van der Waals surface area contributed by atoms with E-state index >= 15 is 0 Å². The highest BCUT2D eigenvalue weighted by molar-refractivity contribution is 9.10. The van der Waals surface area contributed by atoms with Gasteiger partial charge in [0.05, 0.1) is 11.3 Å². The molecule has 0 saturated heterocycles. The highest BCUT2D eigenvalue weighted by atomic mass is 79.9. The van der Waals surface area contributed by atoms with Crippen molar-refractivity contribution in [1.29, 1.82) is 0 Å². The fourth-order valence-electron chi connectivity index (χ4n) is 2.72. The van der Waals surface area contributed by atoms with Crippen molar-refractivity contribution >= 4 is 27.5 Å². The molecule has 0 unspecified atom stereocenters. The van der Waals surface area contributed by atoms with Gasteiger partial charge in [0.15, 0.2) is 0 Å². The molecule has 2 rings (SSSR count). The third kappa shape index (κ3) is 4.51. The average molecular weight is 526 g/mol. The second-order valence-corrected chi connectivity index (χ2v) is 7.09. The van der Waals surface area contributed by atoms with Gasteiger partial charge < -0.3 is 4.90 Å². The van der Waals surface area contributed by atoms with Gasteiger partial charge in [-0.25, -0.2) is 4.39 Å². The van der Waals surface area contributed by atoms with Crippen molar-refractivity contribution in [2.24, 2.45) is 0 Å². The Morgan fingerprint density at radius 1 is 0.839 bits per heavy atom. The van der Waals surface area contributed by atoms with E-state index in [9.17, 15) is 48.7 Å². The van der Waals surface area contributed by atoms with Gasteiger partial charge in [0.2, 0.25) is 0 Å². The molecule has 0 heterocycles. The third-order valence-electron chi connectivity index (χ3n) is 4.21. The van der Waals surface area contributed by atoms with Gasteiger partial charge in [-0.05, 0) is 40.2 Å². The van der Waals surface area contributed by atoms with E-state index in [1.165, 1.54) is 30.3 Å². The van der Waals surface area contributed by atoms with Crippen molar-refractivity contribution in [3.8, 4) is 0 Å². The lowest BCUT2D eigenvalue weighted by Gasteiger charge is -2.32. The molecule has 0 aliphatic heterocycles. The molecule has 0 fully saturated rings. The van der Waals surface area contributed by atoms with Crippen LogP contribution >= 0.6 is 15.9 Å². The predicted octanol–water partition coefficient (Wildman–Crippen LogP) is 7.03. The number of amides is 1. The van der Waals surface area contributed by atoms with Crippen LogP contribution in [0.15, 0.2) is 46.9 Å². The van der Waals surface area contributed by atoms with Crippen molar-refractivity contribution in [3.05, 3.63) is 63.6 Å². The van der Waals surface area contributed by atoms with Gasteiger partial charge in [-0.3, -0.25) is 4.79 Å². The van der Waals surface area contributed by atoms with E-state index < -0.39 is 57.5 Å². The SMILES string of the molecule is CN(C(=O)c1ccccc1)c1c(Br)cc(C(F)(C(F)(F)F)C(F)(F)F)cc1C(F)(F)F. The minimum atomic E-state index is -6.61. The lowest BCUT2D eigenvalue weighted by atomic mass is 9.91. The minimum Gasteiger partial charge on any atom is -0.310 e. The summed E-state index contributed by atoms with van der Waals surface area (Å²) < 4.78 is 132. The largest absolute Gasteiger partial charge is 0.435 e. The highest BCUT2D eigenvalue weighted by Crippen LogP contribution is 2.55. The molecule has 170 valence electrons. The van der Waals surface area contributed by atoms with Crippen LogP contribution in [0.25, 0.3) is 0 Å². The molecule has 0 atom stereocenters. The second-order valence-electron chi connectivity index (χ2n) is 6.24. The molecule has 0 N–H and O–H groups in total. The van der Waals surface area contributed by atoms with E-state index in [-0.39, 0.29) is 11.6 Å². The monoisotopic (exact) mass is 525 g/mol. The summed E-state index contributed by atoms with van der Waals surface area (Å²) in [6.45, 7) is 0. The molecule has 2 aromatic carbocycles. The first-order valence-electron chi connectivity index (χ1n) is 7.99. The zero-order valence-electron chi connectivity index (χ0n) is 15.1. The quantitative estimate of drug-likeness (QED) is 0.394. The van der Waals surface area contributed by atoms with Crippen LogP contribution in [0.5, 0.6) is 0 Å². The Morgan fingerprint density at radius 3 is 1.74 bits per heavy atom. The summed E-state index contributed by atoms with van der Waals surface area (Å²) in [5, 5.41) is 0. The molecule has 0 spiro atoms. The van der Waals surface area contributed by atoms with Crippen molar-refractivity contribution in [1.82, 2.24) is 0 Å². The minimum absolute atomic E-state index is 0.0830. The zero-order valence-corrected chi connectivity index (χ0v) is 16.6. The summed E-state index contributed by atoms with van der Waals surface area (Å²) in [6, 6.07) is 6.04. The third-order valence-corrected chi connectivity index (χ3v) is 4.81. The van der Waals surface area contributed by atoms with Crippen LogP contribution < -0.4 is 4.90 Å². The molecule has 13 heteroatoms. The van der Waals surface area contributed by atoms with Gasteiger partial charge >= 0.3 is 24.2 Å². The molecular formula is C18H10BrF10NO. The molecule has 0 bridgehead atoms. The first kappa shape index (κ1) is 25.0. The summed E-state index contributed by atoms with van der Waals surface area (Å²) in [4.78, 5) is 12.9. The molecule has 1 amide bonds. The molecule has 0 saturated carbocycles. The van der Waals surface area contributed by atoms with E-state index in [4.69, 9.17) is 0 Å². The number of nitrogens with zero attached hydrogens (tertiary/aromatic N) is 1. The smallest absolute Gasteiger partial charge is 0.310 e. The van der Waals surface area contributed by atoms with Gasteiger partial charge in [-0.15, -0.1) is 0 Å². The van der Waals surface area contributed by atoms with Crippen LogP contribution in [0.4, 0.5) is 49.6 Å². The summed E-state index contributed by atoms with van der Waals surface area (Å²) in [5.74, 6) is -1.04. The molecular weight excluding hydrogens is 516 g/mol. The number of halogens is 11. The highest BCUT2D eigenvalue weighted by Gasteiger charge is 2.73. The lowest BCUT2D eigenvalue weighted by molar-refractivity contribution is -0.348. The summed E-state index contributed by atoms with van der Waals surface area (Å²) in [6.07, 6.45) is -18.8. The molecule has 0 radical (unpaired) electrons. The number of alkyl halides is 10. The Balaban J connectivity index is 2.79. The van der Waals surface area contributed by atoms with Crippen molar-refractivity contribution in [3.63, 3.8) is 0 Å². The van der Waals surface area contributed by atoms with E-state index in [1.807, 2.05) is 0 Å². The van der Waals surface area contributed by atoms with Crippen LogP contribution in [0, 0.1) is 0 Å². The maximum Gasteiger partial charge on any atom is 0.435 e. The van der Waals surface area contributed by atoms with Gasteiger partial charge in [-0.1, -0.05) is 18.2 Å². The van der Waals surface area contributed by atoms with Crippen LogP contribution in [0.2, 0.25) is 0 Å². The van der Waals surface area contributed by atoms with Crippen LogP contribution in [0.3, 0.4) is 0 Å². The molecule has 2 aromatic rings. The number of carbonyl (C=O) groups excluding carboxylic acids is 1. The lowest BCUT2D eigenvalue weighted by Crippen LogP contribution is -2.50. The molecule has 31 heavy (non-hydrogen) atoms. The number of rotatable bonds is 3. The van der Waals surface area contributed by atoms with Gasteiger partial charge in [-0.2, -0.15) is 39.5 Å². The van der Waals surface area contributed by atoms with Crippen molar-refractivity contribution in [2.75, 3.05) is 11.9 Å². The Bertz CT molecular complexity index is 952. The molecule has 2 nitrogen and oxygen atoms in total. The van der Waals surface area contributed by atoms with Crippen molar-refractivity contribution < 1.29 is 48.7 Å². The summed E-state index contributed by atoms with van der Waals surface area (Å²) in [7, 11) is 0.834. The second kappa shape index (κ2) is 7.99.